The fourth-order valence-electron chi connectivity index (χ4n) is 4.63. The van der Waals surface area contributed by atoms with E-state index in [0.29, 0.717) is 0 Å². The van der Waals surface area contributed by atoms with Crippen molar-refractivity contribution in [3.05, 3.63) is 41.0 Å². The van der Waals surface area contributed by atoms with Crippen molar-refractivity contribution in [1.82, 2.24) is 0 Å². The van der Waals surface area contributed by atoms with Crippen LogP contribution in [0, 0.1) is 21.7 Å². The van der Waals surface area contributed by atoms with Gasteiger partial charge in [-0.05, 0) is 0 Å². The molecule has 0 aliphatic heterocycles. The van der Waals surface area contributed by atoms with Crippen molar-refractivity contribution >= 4 is 0 Å². The van der Waals surface area contributed by atoms with Crippen molar-refractivity contribution in [3.8, 4) is 0 Å². The maximum absolute atomic E-state index is 2.56. The molecule has 0 unspecified atom stereocenters. The number of allylic oxidation sites excluding steroid dienone is 8. The van der Waals surface area contributed by atoms with Crippen molar-refractivity contribution in [3.63, 3.8) is 0 Å². The molecule has 2 rings (SSSR count). The minimum atomic E-state index is -0.764. The molecule has 1 heteroatoms. The summed E-state index contributed by atoms with van der Waals surface area (Å²) in [5.74, 6) is 0. The van der Waals surface area contributed by atoms with Gasteiger partial charge in [-0.2, -0.15) is 0 Å². The second kappa shape index (κ2) is 7.27. The van der Waals surface area contributed by atoms with E-state index in [9.17, 15) is 0 Å². The predicted octanol–water partition coefficient (Wildman–Crippen LogP) is 8.42. The molecule has 27 heavy (non-hydrogen) atoms. The van der Waals surface area contributed by atoms with Gasteiger partial charge >= 0.3 is 182 Å². The van der Waals surface area contributed by atoms with E-state index in [-0.39, 0.29) is 21.7 Å². The van der Waals surface area contributed by atoms with Crippen LogP contribution in [0.1, 0.15) is 95.9 Å². The molecule has 0 saturated carbocycles. The summed E-state index contributed by atoms with van der Waals surface area (Å²) in [4.78, 5) is 0. The fourth-order valence-corrected chi connectivity index (χ4v) is 9.65. The van der Waals surface area contributed by atoms with E-state index in [1.165, 1.54) is 12.8 Å². The zero-order valence-corrected chi connectivity index (χ0v) is 22.5. The van der Waals surface area contributed by atoms with Crippen LogP contribution in [-0.2, 0) is 23.2 Å². The zero-order chi connectivity index (χ0) is 21.0. The molecule has 0 atom stereocenters. The second-order valence-corrected chi connectivity index (χ2v) is 16.1. The van der Waals surface area contributed by atoms with E-state index in [1.54, 1.807) is 22.3 Å². The van der Waals surface area contributed by atoms with Gasteiger partial charge in [0.1, 0.15) is 0 Å². The van der Waals surface area contributed by atoms with E-state index in [4.69, 9.17) is 0 Å². The fraction of sp³-hybridized carbons (Fsp3) is 0.692. The molecule has 0 saturated heterocycles. The summed E-state index contributed by atoms with van der Waals surface area (Å²) in [5.41, 5.74) is 7.61. The average Bonchev–Trinajstić information content (AvgIpc) is 3.00. The van der Waals surface area contributed by atoms with E-state index in [2.05, 4.69) is 95.2 Å². The van der Waals surface area contributed by atoms with E-state index >= 15 is 0 Å². The summed E-state index contributed by atoms with van der Waals surface area (Å²) in [6.45, 7) is 28.8. The molecule has 0 N–H and O–H groups in total. The van der Waals surface area contributed by atoms with Crippen LogP contribution in [0.25, 0.3) is 0 Å². The maximum atomic E-state index is 2.56. The molecule has 0 spiro atoms. The Labute approximate surface area is 181 Å². The van der Waals surface area contributed by atoms with Gasteiger partial charge in [0.2, 0.25) is 0 Å². The first-order valence-electron chi connectivity index (χ1n) is 10.6. The molecule has 0 aromatic carbocycles. The SMILES string of the molecule is CC(C)(C)C1=CC[C]([Zr][C]2=C(C(C)(C)C)C(C(C)(C)C)=CC2)=C1C(C)(C)C. The molecule has 0 radical (unpaired) electrons. The topological polar surface area (TPSA) is 0 Å². The van der Waals surface area contributed by atoms with Gasteiger partial charge in [-0.15, -0.1) is 0 Å². The van der Waals surface area contributed by atoms with Gasteiger partial charge in [-0.25, -0.2) is 0 Å². The summed E-state index contributed by atoms with van der Waals surface area (Å²) in [6, 6.07) is 0. The van der Waals surface area contributed by atoms with Gasteiger partial charge in [-0.3, -0.25) is 0 Å². The van der Waals surface area contributed by atoms with Crippen LogP contribution in [0.3, 0.4) is 0 Å². The van der Waals surface area contributed by atoms with E-state index in [1.807, 2.05) is 6.56 Å². The molecular formula is C26H42Zr. The summed E-state index contributed by atoms with van der Waals surface area (Å²) >= 11 is -0.764. The minimum absolute atomic E-state index is 0.243. The van der Waals surface area contributed by atoms with Crippen LogP contribution in [-0.4, -0.2) is 0 Å². The molecule has 0 aromatic rings. The number of hydrogen-bond donors (Lipinski definition) is 0. The van der Waals surface area contributed by atoms with Gasteiger partial charge in [0.25, 0.3) is 0 Å². The summed E-state index contributed by atoms with van der Waals surface area (Å²) in [6.07, 6.45) is 7.52. The summed E-state index contributed by atoms with van der Waals surface area (Å²) in [5, 5.41) is 0. The van der Waals surface area contributed by atoms with Gasteiger partial charge in [0.05, 0.1) is 0 Å². The van der Waals surface area contributed by atoms with Crippen molar-refractivity contribution in [2.45, 2.75) is 95.9 Å². The normalized spacial score (nSPS) is 19.7. The van der Waals surface area contributed by atoms with E-state index < -0.39 is 23.2 Å². The average molecular weight is 446 g/mol. The van der Waals surface area contributed by atoms with Crippen molar-refractivity contribution in [1.29, 1.82) is 0 Å². The Morgan fingerprint density at radius 2 is 0.815 bits per heavy atom. The first-order valence-corrected chi connectivity index (χ1v) is 13.1. The quantitative estimate of drug-likeness (QED) is 0.400. The molecule has 0 heterocycles. The van der Waals surface area contributed by atoms with Crippen molar-refractivity contribution in [2.75, 3.05) is 0 Å². The second-order valence-electron chi connectivity index (χ2n) is 12.5. The molecule has 0 nitrogen and oxygen atoms in total. The Morgan fingerprint density at radius 1 is 0.519 bits per heavy atom. The number of hydrogen-bond acceptors (Lipinski definition) is 0. The number of rotatable bonds is 2. The Balaban J connectivity index is 2.54. The van der Waals surface area contributed by atoms with Gasteiger partial charge in [0.15, 0.2) is 0 Å². The Bertz CT molecular complexity index is 659. The molecule has 2 aliphatic rings. The van der Waals surface area contributed by atoms with E-state index in [0.717, 1.165) is 0 Å². The van der Waals surface area contributed by atoms with Gasteiger partial charge in [0, 0.05) is 0 Å². The van der Waals surface area contributed by atoms with Crippen LogP contribution >= 0.6 is 0 Å². The van der Waals surface area contributed by atoms with Gasteiger partial charge < -0.3 is 0 Å². The van der Waals surface area contributed by atoms with Crippen LogP contribution < -0.4 is 0 Å². The first-order chi connectivity index (χ1) is 11.9. The molecule has 0 amide bonds. The van der Waals surface area contributed by atoms with Crippen LogP contribution in [0.4, 0.5) is 0 Å². The van der Waals surface area contributed by atoms with Crippen LogP contribution in [0.2, 0.25) is 0 Å². The summed E-state index contributed by atoms with van der Waals surface area (Å²) < 4.78 is 3.66. The molecular weight excluding hydrogens is 404 g/mol. The van der Waals surface area contributed by atoms with Crippen molar-refractivity contribution in [2.24, 2.45) is 21.7 Å². The Kier molecular flexibility index (Phi) is 6.23. The predicted molar refractivity (Wildman–Crippen MR) is 117 cm³/mol. The Morgan fingerprint density at radius 3 is 1.04 bits per heavy atom. The third-order valence-electron chi connectivity index (χ3n) is 5.58. The zero-order valence-electron chi connectivity index (χ0n) is 20.1. The van der Waals surface area contributed by atoms with Gasteiger partial charge in [-0.1, -0.05) is 0 Å². The first kappa shape index (κ1) is 23.1. The summed E-state index contributed by atoms with van der Waals surface area (Å²) in [7, 11) is 0. The van der Waals surface area contributed by atoms with Crippen molar-refractivity contribution < 1.29 is 23.2 Å². The molecule has 0 fully saturated rings. The third kappa shape index (κ3) is 5.07. The monoisotopic (exact) mass is 444 g/mol. The van der Waals surface area contributed by atoms with Crippen LogP contribution in [0.5, 0.6) is 0 Å². The Hall–Kier alpha value is -0.157. The molecule has 2 aliphatic carbocycles. The standard InChI is InChI=1S/2C13H21.Zr/c2*1-12(2,3)10-8-7-9-11(10)13(4,5)6;/h2*8H,7H2,1-6H3;. The molecule has 150 valence electrons. The molecule has 0 bridgehead atoms. The van der Waals surface area contributed by atoms with Crippen LogP contribution in [0.15, 0.2) is 41.0 Å². The third-order valence-corrected chi connectivity index (χ3v) is 9.30. The molecule has 0 aromatic heterocycles.